The topological polar surface area (TPSA) is 184 Å². The SMILES string of the molecule is COc1ccc(Cl)cc1NC(=O)C(C1=Nc2ccccc2S(=O)(=O)N1CCOc1ccc(C)cc1C)N1C(=O)C(Oc2ccc(C(=O)O)cc2)N(C)C1=O. The Bertz CT molecular complexity index is 2300. The number of nitrogens with one attached hydrogen (secondary N) is 1. The number of carbonyl (C=O) groups is 4. The molecule has 280 valence electrons. The highest BCUT2D eigenvalue weighted by Crippen LogP contribution is 2.36. The number of amidine groups is 1. The predicted octanol–water partition coefficient (Wildman–Crippen LogP) is 5.08. The van der Waals surface area contributed by atoms with Gasteiger partial charge in [-0.1, -0.05) is 41.4 Å². The number of para-hydroxylation sites is 1. The van der Waals surface area contributed by atoms with Gasteiger partial charge < -0.3 is 24.6 Å². The molecule has 0 radical (unpaired) electrons. The number of aliphatic imine (C=N–C) groups is 1. The number of rotatable bonds is 12. The number of urea groups is 1. The van der Waals surface area contributed by atoms with Crippen molar-refractivity contribution in [1.29, 1.82) is 0 Å². The molecule has 4 aromatic carbocycles. The maximum Gasteiger partial charge on any atom is 0.335 e. The molecule has 54 heavy (non-hydrogen) atoms. The normalized spacial score (nSPS) is 16.7. The number of aromatic carboxylic acids is 1. The molecule has 2 aliphatic rings. The van der Waals surface area contributed by atoms with Crippen molar-refractivity contribution in [2.24, 2.45) is 4.99 Å². The number of hydrogen-bond donors (Lipinski definition) is 2. The van der Waals surface area contributed by atoms with E-state index in [2.05, 4.69) is 10.3 Å². The number of methoxy groups -OCH3 is 1. The molecule has 2 heterocycles. The lowest BCUT2D eigenvalue weighted by molar-refractivity contribution is -0.138. The van der Waals surface area contributed by atoms with Crippen molar-refractivity contribution in [1.82, 2.24) is 14.1 Å². The Morgan fingerprint density at radius 1 is 0.981 bits per heavy atom. The fourth-order valence-electron chi connectivity index (χ4n) is 5.97. The summed E-state index contributed by atoms with van der Waals surface area (Å²) in [6, 6.07) is 17.8. The Balaban J connectivity index is 1.44. The summed E-state index contributed by atoms with van der Waals surface area (Å²) in [5, 5.41) is 12.1. The lowest BCUT2D eigenvalue weighted by Crippen LogP contribution is -2.59. The number of carboxylic acids is 1. The molecule has 15 nitrogen and oxygen atoms in total. The molecule has 4 aromatic rings. The largest absolute Gasteiger partial charge is 0.495 e. The molecule has 4 amide bonds. The summed E-state index contributed by atoms with van der Waals surface area (Å²) < 4.78 is 46.8. The summed E-state index contributed by atoms with van der Waals surface area (Å²) in [4.78, 5) is 60.2. The summed E-state index contributed by atoms with van der Waals surface area (Å²) >= 11 is 6.24. The third kappa shape index (κ3) is 7.25. The van der Waals surface area contributed by atoms with Crippen LogP contribution in [-0.4, -0.2) is 96.9 Å². The number of ether oxygens (including phenoxy) is 3. The minimum atomic E-state index is -4.47. The smallest absolute Gasteiger partial charge is 0.335 e. The average Bonchev–Trinajstić information content (AvgIpc) is 3.33. The van der Waals surface area contributed by atoms with E-state index in [0.717, 1.165) is 20.3 Å². The number of fused-ring (bicyclic) bond motifs is 1. The highest BCUT2D eigenvalue weighted by atomic mass is 35.5. The van der Waals surface area contributed by atoms with Crippen LogP contribution < -0.4 is 19.5 Å². The maximum absolute atomic E-state index is 14.6. The van der Waals surface area contributed by atoms with Crippen LogP contribution in [0.25, 0.3) is 0 Å². The van der Waals surface area contributed by atoms with E-state index >= 15 is 0 Å². The van der Waals surface area contributed by atoms with Crippen molar-refractivity contribution in [2.75, 3.05) is 32.6 Å². The van der Waals surface area contributed by atoms with Gasteiger partial charge in [-0.3, -0.25) is 14.5 Å². The van der Waals surface area contributed by atoms with E-state index in [0.29, 0.717) is 10.6 Å². The van der Waals surface area contributed by atoms with Crippen molar-refractivity contribution in [2.45, 2.75) is 31.0 Å². The molecule has 2 aliphatic heterocycles. The summed E-state index contributed by atoms with van der Waals surface area (Å²) in [7, 11) is -1.85. The molecule has 2 unspecified atom stereocenters. The van der Waals surface area contributed by atoms with Crippen molar-refractivity contribution in [3.8, 4) is 17.2 Å². The van der Waals surface area contributed by atoms with Crippen LogP contribution in [0.3, 0.4) is 0 Å². The fourth-order valence-corrected chi connectivity index (χ4v) is 7.71. The number of nitrogens with zero attached hydrogens (tertiary/aromatic N) is 4. The van der Waals surface area contributed by atoms with Crippen LogP contribution in [0.1, 0.15) is 21.5 Å². The molecule has 6 rings (SSSR count). The van der Waals surface area contributed by atoms with E-state index in [4.69, 9.17) is 25.8 Å². The first-order valence-electron chi connectivity index (χ1n) is 16.4. The molecule has 2 atom stereocenters. The Morgan fingerprint density at radius 3 is 2.37 bits per heavy atom. The quantitative estimate of drug-likeness (QED) is 0.184. The minimum Gasteiger partial charge on any atom is -0.495 e. The summed E-state index contributed by atoms with van der Waals surface area (Å²) in [5.74, 6) is -3.01. The standard InChI is InChI=1S/C37H34ClN5O10S/c1-21-9-15-28(22(2)19-21)52-18-17-42-32(39-26-7-5-6-8-30(26)54(42,49)50)31(33(44)40-27-20-24(38)12-16-29(27)51-4)43-34(45)35(41(3)37(43)48)53-25-13-10-23(11-14-25)36(46)47/h5-16,19-20,31,35H,17-18H2,1-4H3,(H,40,44)(H,46,47). The zero-order chi connectivity index (χ0) is 38.9. The van der Waals surface area contributed by atoms with Crippen LogP contribution in [0.4, 0.5) is 16.2 Å². The van der Waals surface area contributed by atoms with E-state index in [9.17, 15) is 32.7 Å². The number of hydrogen-bond acceptors (Lipinski definition) is 10. The maximum atomic E-state index is 14.6. The van der Waals surface area contributed by atoms with Gasteiger partial charge in [0.15, 0.2) is 11.9 Å². The van der Waals surface area contributed by atoms with Crippen LogP contribution in [0, 0.1) is 13.8 Å². The molecule has 0 saturated carbocycles. The number of anilines is 1. The lowest BCUT2D eigenvalue weighted by atomic mass is 10.1. The van der Waals surface area contributed by atoms with Gasteiger partial charge in [0.1, 0.15) is 28.8 Å². The number of likely N-dealkylation sites (N-methyl/N-ethyl adjacent to an activating group) is 1. The molecule has 1 saturated heterocycles. The van der Waals surface area contributed by atoms with E-state index in [1.165, 1.54) is 74.8 Å². The number of imide groups is 1. The Labute approximate surface area is 315 Å². The van der Waals surface area contributed by atoms with Gasteiger partial charge in [0.2, 0.25) is 0 Å². The molecular weight excluding hydrogens is 742 g/mol. The van der Waals surface area contributed by atoms with Crippen molar-refractivity contribution in [3.63, 3.8) is 0 Å². The molecule has 1 fully saturated rings. The lowest BCUT2D eigenvalue weighted by Gasteiger charge is -2.35. The molecule has 0 aliphatic carbocycles. The van der Waals surface area contributed by atoms with E-state index in [1.54, 1.807) is 12.1 Å². The second-order valence-corrected chi connectivity index (χ2v) is 14.5. The number of halogens is 1. The van der Waals surface area contributed by atoms with E-state index in [1.807, 2.05) is 26.0 Å². The van der Waals surface area contributed by atoms with E-state index in [-0.39, 0.29) is 51.5 Å². The van der Waals surface area contributed by atoms with E-state index < -0.39 is 51.9 Å². The highest BCUT2D eigenvalue weighted by Gasteiger charge is 2.54. The first-order valence-corrected chi connectivity index (χ1v) is 18.2. The monoisotopic (exact) mass is 775 g/mol. The number of sulfonamides is 1. The number of aryl methyl sites for hydroxylation is 2. The molecule has 2 N–H and O–H groups in total. The van der Waals surface area contributed by atoms with Gasteiger partial charge >= 0.3 is 12.0 Å². The second kappa shape index (κ2) is 15.1. The molecule has 0 bridgehead atoms. The number of benzene rings is 4. The Kier molecular flexibility index (Phi) is 10.5. The third-order valence-corrected chi connectivity index (χ3v) is 10.7. The van der Waals surface area contributed by atoms with Crippen LogP contribution in [0.2, 0.25) is 5.02 Å². The van der Waals surface area contributed by atoms with Gasteiger partial charge in [0, 0.05) is 12.1 Å². The molecular formula is C37H34ClN5O10S. The van der Waals surface area contributed by atoms with Crippen molar-refractivity contribution < 1.29 is 46.9 Å². The first-order chi connectivity index (χ1) is 25.7. The summed E-state index contributed by atoms with van der Waals surface area (Å²) in [5.41, 5.74) is 1.79. The first kappa shape index (κ1) is 37.6. The second-order valence-electron chi connectivity index (χ2n) is 12.3. The molecule has 17 heteroatoms. The van der Waals surface area contributed by atoms with Gasteiger partial charge in [-0.05, 0) is 80.1 Å². The van der Waals surface area contributed by atoms with Crippen LogP contribution in [0.15, 0.2) is 94.8 Å². The zero-order valence-corrected chi connectivity index (χ0v) is 30.9. The zero-order valence-electron chi connectivity index (χ0n) is 29.3. The van der Waals surface area contributed by atoms with Crippen molar-refractivity contribution in [3.05, 3.63) is 107 Å². The number of carboxylic acid groups (broad SMARTS) is 1. The Hall–Kier alpha value is -6.13. The molecule has 0 spiro atoms. The van der Waals surface area contributed by atoms with Gasteiger partial charge in [0.25, 0.3) is 28.1 Å². The van der Waals surface area contributed by atoms with Crippen LogP contribution in [-0.2, 0) is 19.6 Å². The Morgan fingerprint density at radius 2 is 1.69 bits per heavy atom. The minimum absolute atomic E-state index is 0.0315. The fraction of sp³-hybridized carbons (Fsp3) is 0.216. The summed E-state index contributed by atoms with van der Waals surface area (Å²) in [6.07, 6.45) is -1.64. The number of amides is 4. The van der Waals surface area contributed by atoms with Gasteiger partial charge in [-0.2, -0.15) is 0 Å². The predicted molar refractivity (Wildman–Crippen MR) is 197 cm³/mol. The van der Waals surface area contributed by atoms with Crippen LogP contribution >= 0.6 is 11.6 Å². The average molecular weight is 776 g/mol. The van der Waals surface area contributed by atoms with Gasteiger partial charge in [-0.15, -0.1) is 0 Å². The molecule has 0 aromatic heterocycles. The van der Waals surface area contributed by atoms with Crippen molar-refractivity contribution >= 4 is 62.6 Å². The van der Waals surface area contributed by atoms with Gasteiger partial charge in [0.05, 0.1) is 30.6 Å². The third-order valence-electron chi connectivity index (χ3n) is 8.63. The van der Waals surface area contributed by atoms with Gasteiger partial charge in [-0.25, -0.2) is 32.2 Å². The number of carbonyl (C=O) groups excluding carboxylic acids is 3. The summed E-state index contributed by atoms with van der Waals surface area (Å²) in [6.45, 7) is 3.17. The van der Waals surface area contributed by atoms with Crippen LogP contribution in [0.5, 0.6) is 17.2 Å². The highest BCUT2D eigenvalue weighted by molar-refractivity contribution is 7.90.